The Labute approximate surface area is 188 Å². The zero-order valence-corrected chi connectivity index (χ0v) is 19.1. The molecule has 0 bridgehead atoms. The molecule has 7 heteroatoms. The zero-order valence-electron chi connectivity index (χ0n) is 19.1. The van der Waals surface area contributed by atoms with Gasteiger partial charge >= 0.3 is 11.8 Å². The molecule has 1 atom stereocenters. The summed E-state index contributed by atoms with van der Waals surface area (Å²) >= 11 is 0. The molecule has 0 spiro atoms. The van der Waals surface area contributed by atoms with Crippen molar-refractivity contribution in [1.82, 2.24) is 0 Å². The van der Waals surface area contributed by atoms with Crippen LogP contribution >= 0.6 is 0 Å². The van der Waals surface area contributed by atoms with Gasteiger partial charge in [-0.2, -0.15) is 0 Å². The smallest absolute Gasteiger partial charge is 0.489 e. The summed E-state index contributed by atoms with van der Waals surface area (Å²) in [6, 6.07) is 8.50. The Morgan fingerprint density at radius 1 is 1.12 bits per heavy atom. The van der Waals surface area contributed by atoms with Gasteiger partial charge in [0.25, 0.3) is 0 Å². The van der Waals surface area contributed by atoms with Crippen LogP contribution in [-0.2, 0) is 4.74 Å². The van der Waals surface area contributed by atoms with Crippen molar-refractivity contribution >= 4 is 17.1 Å². The quantitative estimate of drug-likeness (QED) is 0.269. The first-order chi connectivity index (χ1) is 15.0. The Morgan fingerprint density at radius 2 is 1.81 bits per heavy atom. The maximum atomic E-state index is 11.3. The molecule has 0 aliphatic rings. The molecule has 2 aromatic rings. The van der Waals surface area contributed by atoms with Crippen molar-refractivity contribution < 1.29 is 28.9 Å². The van der Waals surface area contributed by atoms with Gasteiger partial charge in [0.15, 0.2) is 0 Å². The van der Waals surface area contributed by atoms with E-state index in [9.17, 15) is 14.7 Å². The van der Waals surface area contributed by atoms with Gasteiger partial charge in [-0.1, -0.05) is 17.2 Å². The predicted molar refractivity (Wildman–Crippen MR) is 123 cm³/mol. The fourth-order valence-electron chi connectivity index (χ4n) is 3.20. The molecule has 1 aromatic heterocycles. The lowest BCUT2D eigenvalue weighted by molar-refractivity contribution is -0.0712. The van der Waals surface area contributed by atoms with E-state index < -0.39 is 23.5 Å². The highest BCUT2D eigenvalue weighted by molar-refractivity contribution is 5.77. The van der Waals surface area contributed by atoms with Gasteiger partial charge in [0.1, 0.15) is 24.0 Å². The fraction of sp³-hybridized carbons (Fsp3) is 0.440. The van der Waals surface area contributed by atoms with Gasteiger partial charge in [-0.25, -0.2) is 9.59 Å². The Morgan fingerprint density at radius 3 is 2.50 bits per heavy atom. The van der Waals surface area contributed by atoms with Gasteiger partial charge in [0.05, 0.1) is 5.60 Å². The average Bonchev–Trinajstić information content (AvgIpc) is 2.69. The third-order valence-electron chi connectivity index (χ3n) is 5.14. The van der Waals surface area contributed by atoms with Crippen molar-refractivity contribution in [3.8, 4) is 5.75 Å². The monoisotopic (exact) mass is 444 g/mol. The summed E-state index contributed by atoms with van der Waals surface area (Å²) in [5, 5.41) is 19.7. The molecular formula is C25H32O7. The average molecular weight is 445 g/mol. The van der Waals surface area contributed by atoms with Crippen molar-refractivity contribution in [2.75, 3.05) is 6.61 Å². The molecular weight excluding hydrogens is 412 g/mol. The minimum absolute atomic E-state index is 0.390. The van der Waals surface area contributed by atoms with Crippen molar-refractivity contribution in [3.05, 3.63) is 64.1 Å². The number of rotatable bonds is 11. The first-order valence-corrected chi connectivity index (χ1v) is 10.6. The van der Waals surface area contributed by atoms with Gasteiger partial charge in [0.2, 0.25) is 0 Å². The molecule has 0 saturated heterocycles. The van der Waals surface area contributed by atoms with E-state index in [1.807, 2.05) is 32.1 Å². The van der Waals surface area contributed by atoms with Gasteiger partial charge in [0, 0.05) is 17.5 Å². The van der Waals surface area contributed by atoms with Crippen molar-refractivity contribution in [3.63, 3.8) is 0 Å². The molecule has 0 aliphatic carbocycles. The van der Waals surface area contributed by atoms with Crippen molar-refractivity contribution in [2.24, 2.45) is 0 Å². The number of hydrogen-bond donors (Lipinski definition) is 2. The molecule has 174 valence electrons. The van der Waals surface area contributed by atoms with Gasteiger partial charge in [-0.05, 0) is 77.7 Å². The molecule has 0 unspecified atom stereocenters. The second-order valence-corrected chi connectivity index (χ2v) is 8.47. The van der Waals surface area contributed by atoms with Crippen molar-refractivity contribution in [1.29, 1.82) is 0 Å². The summed E-state index contributed by atoms with van der Waals surface area (Å²) < 4.78 is 15.7. The molecule has 32 heavy (non-hydrogen) atoms. The normalized spacial score (nSPS) is 13.8. The number of carbonyl (C=O) groups is 1. The number of allylic oxidation sites excluding steroid dienone is 3. The molecule has 2 rings (SSSR count). The van der Waals surface area contributed by atoms with Crippen LogP contribution in [0.3, 0.4) is 0 Å². The maximum Gasteiger partial charge on any atom is 0.506 e. The Kier molecular flexibility index (Phi) is 9.08. The third kappa shape index (κ3) is 8.59. The molecule has 0 radical (unpaired) electrons. The van der Waals surface area contributed by atoms with E-state index in [0.29, 0.717) is 30.8 Å². The van der Waals surface area contributed by atoms with Crippen LogP contribution in [0.2, 0.25) is 0 Å². The second-order valence-electron chi connectivity index (χ2n) is 8.47. The molecule has 1 aromatic carbocycles. The Balaban J connectivity index is 1.78. The Bertz CT molecular complexity index is 1020. The highest BCUT2D eigenvalue weighted by Crippen LogP contribution is 2.22. The van der Waals surface area contributed by atoms with E-state index >= 15 is 0 Å². The second kappa shape index (κ2) is 11.5. The van der Waals surface area contributed by atoms with E-state index in [0.717, 1.165) is 23.8 Å². The summed E-state index contributed by atoms with van der Waals surface area (Å²) in [6.07, 6.45) is 4.76. The maximum absolute atomic E-state index is 11.3. The molecule has 0 aliphatic heterocycles. The number of fused-ring (bicyclic) bond motifs is 1. The predicted octanol–water partition coefficient (Wildman–Crippen LogP) is 5.46. The number of benzene rings is 1. The van der Waals surface area contributed by atoms with E-state index in [2.05, 4.69) is 6.08 Å². The summed E-state index contributed by atoms with van der Waals surface area (Å²) in [4.78, 5) is 22.2. The lowest BCUT2D eigenvalue weighted by atomic mass is 9.95. The minimum atomic E-state index is -1.38. The van der Waals surface area contributed by atoms with Crippen LogP contribution in [0, 0.1) is 0 Å². The fourth-order valence-corrected chi connectivity index (χ4v) is 3.20. The van der Waals surface area contributed by atoms with Crippen LogP contribution in [0.1, 0.15) is 53.4 Å². The number of aliphatic hydroxyl groups is 1. The number of carboxylic acid groups (broad SMARTS) is 1. The van der Waals surface area contributed by atoms with Gasteiger partial charge < -0.3 is 24.1 Å². The molecule has 0 fully saturated rings. The van der Waals surface area contributed by atoms with Crippen LogP contribution in [-0.4, -0.2) is 34.7 Å². The summed E-state index contributed by atoms with van der Waals surface area (Å²) in [5.74, 6) is 0.636. The third-order valence-corrected chi connectivity index (χ3v) is 5.14. The van der Waals surface area contributed by atoms with Crippen molar-refractivity contribution in [2.45, 2.75) is 65.1 Å². The van der Waals surface area contributed by atoms with Crippen LogP contribution in [0.25, 0.3) is 11.0 Å². The Hall–Kier alpha value is -3.06. The topological polar surface area (TPSA) is 106 Å². The van der Waals surface area contributed by atoms with E-state index in [-0.39, 0.29) is 0 Å². The molecule has 7 nitrogen and oxygen atoms in total. The number of hydrogen-bond acceptors (Lipinski definition) is 6. The lowest BCUT2D eigenvalue weighted by Gasteiger charge is -2.27. The standard InChI is InChI=1S/C25H32O7/c1-17(8-12-22(25(3,4)29)32-24(27)28)6-5-7-18(2)14-15-30-20-11-9-19-10-13-23(26)31-21(19)16-20/h6,9-11,13-14,16,22,29H,5,7-8,12,15H2,1-4H3,(H,27,28)/b17-6+,18-14+/t22-/m1/s1. The molecule has 0 saturated carbocycles. The first kappa shape index (κ1) is 25.2. The summed E-state index contributed by atoms with van der Waals surface area (Å²) in [6.45, 7) is 7.53. The zero-order chi connectivity index (χ0) is 23.7. The van der Waals surface area contributed by atoms with Crippen LogP contribution in [0.15, 0.2) is 62.8 Å². The highest BCUT2D eigenvalue weighted by atomic mass is 16.7. The summed E-state index contributed by atoms with van der Waals surface area (Å²) in [7, 11) is 0. The van der Waals surface area contributed by atoms with Gasteiger partial charge in [-0.3, -0.25) is 0 Å². The molecule has 2 N–H and O–H groups in total. The summed E-state index contributed by atoms with van der Waals surface area (Å²) in [5.41, 5.74) is 1.18. The van der Waals surface area contributed by atoms with E-state index in [1.54, 1.807) is 26.0 Å². The minimum Gasteiger partial charge on any atom is -0.489 e. The first-order valence-electron chi connectivity index (χ1n) is 10.6. The lowest BCUT2D eigenvalue weighted by Crippen LogP contribution is -2.39. The number of ether oxygens (including phenoxy) is 2. The molecule has 1 heterocycles. The largest absolute Gasteiger partial charge is 0.506 e. The highest BCUT2D eigenvalue weighted by Gasteiger charge is 2.30. The van der Waals surface area contributed by atoms with E-state index in [4.69, 9.17) is 19.0 Å². The van der Waals surface area contributed by atoms with Gasteiger partial charge in [-0.15, -0.1) is 0 Å². The SMILES string of the molecule is C/C(=C\COc1ccc2ccc(=O)oc2c1)CC/C=C(\C)CC[C@@H](OC(=O)O)C(C)(C)O. The van der Waals surface area contributed by atoms with Crippen LogP contribution < -0.4 is 10.4 Å². The van der Waals surface area contributed by atoms with Crippen LogP contribution in [0.5, 0.6) is 5.75 Å². The van der Waals surface area contributed by atoms with Crippen LogP contribution in [0.4, 0.5) is 4.79 Å². The molecule has 0 amide bonds. The van der Waals surface area contributed by atoms with E-state index in [1.165, 1.54) is 11.6 Å².